The SMILES string of the molecule is O=C(O)C(CCN1CCC2(C=CC3C=CC=CC32)CC1)c1cccnc1. The molecule has 4 heteroatoms. The highest BCUT2D eigenvalue weighted by molar-refractivity contribution is 5.75. The Hall–Kier alpha value is -2.20. The predicted molar refractivity (Wildman–Crippen MR) is 102 cm³/mol. The maximum atomic E-state index is 11.7. The first-order valence-electron chi connectivity index (χ1n) is 9.57. The van der Waals surface area contributed by atoms with Crippen molar-refractivity contribution in [2.75, 3.05) is 19.6 Å². The molecule has 4 nitrogen and oxygen atoms in total. The van der Waals surface area contributed by atoms with E-state index in [1.165, 1.54) is 0 Å². The van der Waals surface area contributed by atoms with Crippen LogP contribution in [0.15, 0.2) is 61.0 Å². The van der Waals surface area contributed by atoms with Crippen LogP contribution in [-0.2, 0) is 4.79 Å². The van der Waals surface area contributed by atoms with Gasteiger partial charge in [0.25, 0.3) is 0 Å². The zero-order valence-electron chi connectivity index (χ0n) is 15.0. The first kappa shape index (κ1) is 17.2. The average Bonchev–Trinajstić information content (AvgIpc) is 3.03. The molecule has 1 aromatic rings. The van der Waals surface area contributed by atoms with Gasteiger partial charge in [-0.05, 0) is 61.9 Å². The maximum absolute atomic E-state index is 11.7. The minimum absolute atomic E-state index is 0.304. The highest BCUT2D eigenvalue weighted by atomic mass is 16.4. The Morgan fingerprint density at radius 2 is 2.08 bits per heavy atom. The number of carbonyl (C=O) groups is 1. The van der Waals surface area contributed by atoms with Crippen LogP contribution in [0.2, 0.25) is 0 Å². The molecule has 2 heterocycles. The van der Waals surface area contributed by atoms with Crippen molar-refractivity contribution in [2.45, 2.75) is 25.2 Å². The Bertz CT molecular complexity index is 730. The van der Waals surface area contributed by atoms with E-state index in [9.17, 15) is 9.90 Å². The number of carboxylic acid groups (broad SMARTS) is 1. The Kier molecular flexibility index (Phi) is 4.77. The molecule has 3 aliphatic rings. The molecular formula is C22H26N2O2. The molecule has 0 amide bonds. The minimum atomic E-state index is -0.757. The van der Waals surface area contributed by atoms with E-state index < -0.39 is 11.9 Å². The Morgan fingerprint density at radius 3 is 2.81 bits per heavy atom. The number of pyridine rings is 1. The van der Waals surface area contributed by atoms with Gasteiger partial charge < -0.3 is 10.0 Å². The second-order valence-corrected chi connectivity index (χ2v) is 7.77. The third-order valence-electron chi connectivity index (χ3n) is 6.40. The lowest BCUT2D eigenvalue weighted by Gasteiger charge is -2.43. The molecule has 26 heavy (non-hydrogen) atoms. The fraction of sp³-hybridized carbons (Fsp3) is 0.455. The highest BCUT2D eigenvalue weighted by Crippen LogP contribution is 2.50. The van der Waals surface area contributed by atoms with E-state index in [2.05, 4.69) is 46.3 Å². The van der Waals surface area contributed by atoms with Crippen molar-refractivity contribution in [2.24, 2.45) is 17.3 Å². The minimum Gasteiger partial charge on any atom is -0.481 e. The van der Waals surface area contributed by atoms with Crippen LogP contribution in [0.1, 0.15) is 30.7 Å². The number of aromatic nitrogens is 1. The summed E-state index contributed by atoms with van der Waals surface area (Å²) in [5.41, 5.74) is 1.10. The van der Waals surface area contributed by atoms with Crippen molar-refractivity contribution in [3.05, 3.63) is 66.5 Å². The lowest BCUT2D eigenvalue weighted by Crippen LogP contribution is -2.43. The molecule has 0 saturated carbocycles. The zero-order chi connectivity index (χ0) is 18.0. The molecule has 1 saturated heterocycles. The van der Waals surface area contributed by atoms with Gasteiger partial charge in [-0.25, -0.2) is 0 Å². The van der Waals surface area contributed by atoms with E-state index in [0.717, 1.165) is 38.0 Å². The van der Waals surface area contributed by atoms with Crippen LogP contribution in [0.4, 0.5) is 0 Å². The molecule has 0 bridgehead atoms. The van der Waals surface area contributed by atoms with Gasteiger partial charge >= 0.3 is 5.97 Å². The normalized spacial score (nSPS) is 27.5. The van der Waals surface area contributed by atoms with Crippen LogP contribution >= 0.6 is 0 Å². The summed E-state index contributed by atoms with van der Waals surface area (Å²) >= 11 is 0. The van der Waals surface area contributed by atoms with Gasteiger partial charge in [0.2, 0.25) is 0 Å². The van der Waals surface area contributed by atoms with E-state index >= 15 is 0 Å². The summed E-state index contributed by atoms with van der Waals surface area (Å²) in [6.07, 6.45) is 20.2. The number of piperidine rings is 1. The molecule has 1 aromatic heterocycles. The fourth-order valence-electron chi connectivity index (χ4n) is 4.82. The van der Waals surface area contributed by atoms with Gasteiger partial charge in [0, 0.05) is 18.3 Å². The number of hydrogen-bond donors (Lipinski definition) is 1. The van der Waals surface area contributed by atoms with Crippen molar-refractivity contribution in [3.8, 4) is 0 Å². The number of likely N-dealkylation sites (tertiary alicyclic amines) is 1. The second kappa shape index (κ2) is 7.20. The van der Waals surface area contributed by atoms with Crippen LogP contribution in [0.3, 0.4) is 0 Å². The number of hydrogen-bond acceptors (Lipinski definition) is 3. The summed E-state index contributed by atoms with van der Waals surface area (Å²) in [5, 5.41) is 9.58. The van der Waals surface area contributed by atoms with Crippen LogP contribution < -0.4 is 0 Å². The molecule has 0 aromatic carbocycles. The largest absolute Gasteiger partial charge is 0.481 e. The van der Waals surface area contributed by atoms with Crippen LogP contribution in [0, 0.1) is 17.3 Å². The molecule has 3 unspecified atom stereocenters. The molecule has 1 N–H and O–H groups in total. The molecule has 3 atom stereocenters. The number of fused-ring (bicyclic) bond motifs is 2. The van der Waals surface area contributed by atoms with Gasteiger partial charge in [0.15, 0.2) is 0 Å². The number of allylic oxidation sites excluding steroid dienone is 6. The Balaban J connectivity index is 1.34. The molecular weight excluding hydrogens is 324 g/mol. The smallest absolute Gasteiger partial charge is 0.311 e. The summed E-state index contributed by atoms with van der Waals surface area (Å²) in [4.78, 5) is 18.2. The second-order valence-electron chi connectivity index (χ2n) is 7.77. The van der Waals surface area contributed by atoms with E-state index in [-0.39, 0.29) is 0 Å². The molecule has 4 rings (SSSR count). The third-order valence-corrected chi connectivity index (χ3v) is 6.40. The Labute approximate surface area is 154 Å². The third kappa shape index (κ3) is 3.26. The van der Waals surface area contributed by atoms with E-state index in [0.29, 0.717) is 23.7 Å². The summed E-state index contributed by atoms with van der Waals surface area (Å²) in [6.45, 7) is 2.92. The fourth-order valence-corrected chi connectivity index (χ4v) is 4.82. The van der Waals surface area contributed by atoms with Gasteiger partial charge in [-0.1, -0.05) is 42.5 Å². The average molecular weight is 350 g/mol. The van der Waals surface area contributed by atoms with Gasteiger partial charge in [-0.3, -0.25) is 9.78 Å². The first-order valence-corrected chi connectivity index (χ1v) is 9.57. The van der Waals surface area contributed by atoms with E-state index in [1.54, 1.807) is 12.4 Å². The van der Waals surface area contributed by atoms with E-state index in [1.807, 2.05) is 12.1 Å². The summed E-state index contributed by atoms with van der Waals surface area (Å²) in [6, 6.07) is 3.67. The number of rotatable bonds is 5. The predicted octanol–water partition coefficient (Wildman–Crippen LogP) is 3.65. The quantitative estimate of drug-likeness (QED) is 0.824. The first-order chi connectivity index (χ1) is 12.7. The van der Waals surface area contributed by atoms with Crippen molar-refractivity contribution >= 4 is 5.97 Å². The monoisotopic (exact) mass is 350 g/mol. The molecule has 136 valence electrons. The van der Waals surface area contributed by atoms with Gasteiger partial charge in [-0.2, -0.15) is 0 Å². The molecule has 0 radical (unpaired) electrons. The zero-order valence-corrected chi connectivity index (χ0v) is 15.0. The van der Waals surface area contributed by atoms with Crippen LogP contribution in [-0.4, -0.2) is 40.6 Å². The number of nitrogens with zero attached hydrogens (tertiary/aromatic N) is 2. The van der Waals surface area contributed by atoms with Crippen molar-refractivity contribution in [3.63, 3.8) is 0 Å². The maximum Gasteiger partial charge on any atom is 0.311 e. The molecule has 1 aliphatic heterocycles. The molecule has 1 spiro atoms. The van der Waals surface area contributed by atoms with Crippen molar-refractivity contribution in [1.82, 2.24) is 9.88 Å². The van der Waals surface area contributed by atoms with Crippen LogP contribution in [0.25, 0.3) is 0 Å². The van der Waals surface area contributed by atoms with Crippen LogP contribution in [0.5, 0.6) is 0 Å². The van der Waals surface area contributed by atoms with Gasteiger partial charge in [0.1, 0.15) is 0 Å². The summed E-state index contributed by atoms with van der Waals surface area (Å²) in [5.74, 6) is -0.0562. The standard InChI is InChI=1S/C22H26N2O2/c25-21(26)19(18-5-3-12-23-16-18)8-13-24-14-10-22(11-15-24)9-7-17-4-1-2-6-20(17)22/h1-7,9,12,16-17,19-20H,8,10-11,13-15H2,(H,25,26). The number of aliphatic carboxylic acids is 1. The molecule has 2 aliphatic carbocycles. The topological polar surface area (TPSA) is 53.4 Å². The molecule has 1 fully saturated rings. The van der Waals surface area contributed by atoms with Crippen molar-refractivity contribution < 1.29 is 9.90 Å². The van der Waals surface area contributed by atoms with Gasteiger partial charge in [0.05, 0.1) is 5.92 Å². The summed E-state index contributed by atoms with van der Waals surface area (Å²) < 4.78 is 0. The van der Waals surface area contributed by atoms with Gasteiger partial charge in [-0.15, -0.1) is 0 Å². The Morgan fingerprint density at radius 1 is 1.27 bits per heavy atom. The number of carboxylic acids is 1. The lowest BCUT2D eigenvalue weighted by molar-refractivity contribution is -0.139. The van der Waals surface area contributed by atoms with Crippen molar-refractivity contribution in [1.29, 1.82) is 0 Å². The van der Waals surface area contributed by atoms with E-state index in [4.69, 9.17) is 0 Å². The lowest BCUT2D eigenvalue weighted by atomic mass is 9.67. The summed E-state index contributed by atoms with van der Waals surface area (Å²) in [7, 11) is 0. The highest BCUT2D eigenvalue weighted by Gasteiger charge is 2.44.